The van der Waals surface area contributed by atoms with Crippen LogP contribution in [0.1, 0.15) is 46.1 Å². The Morgan fingerprint density at radius 1 is 1.07 bits per heavy atom. The van der Waals surface area contributed by atoms with Crippen molar-refractivity contribution in [2.45, 2.75) is 31.7 Å². The normalized spacial score (nSPS) is 17.9. The number of nitrogens with one attached hydrogen (secondary N) is 2. The molecular weight excluding hydrogens is 336 g/mol. The Balaban J connectivity index is 1.33. The van der Waals surface area contributed by atoms with Crippen LogP contribution in [0.5, 0.6) is 0 Å². The van der Waals surface area contributed by atoms with Gasteiger partial charge in [-0.3, -0.25) is 9.89 Å². The Labute approximate surface area is 158 Å². The molecule has 3 aromatic rings. The van der Waals surface area contributed by atoms with Gasteiger partial charge in [-0.15, -0.1) is 0 Å². The first-order valence-electron chi connectivity index (χ1n) is 9.85. The lowest BCUT2D eigenvalue weighted by atomic mass is 9.86. The van der Waals surface area contributed by atoms with Crippen LogP contribution in [0.15, 0.2) is 42.5 Å². The van der Waals surface area contributed by atoms with Gasteiger partial charge in [0.2, 0.25) is 0 Å². The van der Waals surface area contributed by atoms with E-state index >= 15 is 0 Å². The summed E-state index contributed by atoms with van der Waals surface area (Å²) in [5.41, 5.74) is 4.23. The molecule has 1 saturated heterocycles. The van der Waals surface area contributed by atoms with Gasteiger partial charge < -0.3 is 10.2 Å². The van der Waals surface area contributed by atoms with Gasteiger partial charge in [0.15, 0.2) is 5.69 Å². The van der Waals surface area contributed by atoms with Crippen LogP contribution < -0.4 is 5.32 Å². The number of rotatable bonds is 2. The van der Waals surface area contributed by atoms with E-state index in [0.717, 1.165) is 56.7 Å². The molecule has 138 valence electrons. The molecular formula is C22H24N4O. The average molecular weight is 360 g/mol. The maximum Gasteiger partial charge on any atom is 0.274 e. The van der Waals surface area contributed by atoms with Crippen LogP contribution in [-0.2, 0) is 13.0 Å². The first-order valence-corrected chi connectivity index (χ1v) is 9.85. The standard InChI is InChI=1S/C22H24N4O/c27-22(21-19-8-11-23-14-20(19)24-25-21)26-12-9-16(10-13-26)18-7-3-5-15-4-1-2-6-17(15)18/h1-7,16,23H,8-14H2,(H,24,25). The number of fused-ring (bicyclic) bond motifs is 2. The van der Waals surface area contributed by atoms with Crippen molar-refractivity contribution in [2.75, 3.05) is 19.6 Å². The summed E-state index contributed by atoms with van der Waals surface area (Å²) in [6.45, 7) is 3.29. The topological polar surface area (TPSA) is 61.0 Å². The first-order chi connectivity index (χ1) is 13.3. The monoisotopic (exact) mass is 360 g/mol. The van der Waals surface area contributed by atoms with Crippen LogP contribution >= 0.6 is 0 Å². The highest BCUT2D eigenvalue weighted by atomic mass is 16.2. The van der Waals surface area contributed by atoms with E-state index in [4.69, 9.17) is 0 Å². The van der Waals surface area contributed by atoms with Gasteiger partial charge in [0.05, 0.1) is 5.69 Å². The summed E-state index contributed by atoms with van der Waals surface area (Å²) >= 11 is 0. The molecule has 5 rings (SSSR count). The number of H-pyrrole nitrogens is 1. The Morgan fingerprint density at radius 2 is 1.89 bits per heavy atom. The van der Waals surface area contributed by atoms with Crippen molar-refractivity contribution in [1.29, 1.82) is 0 Å². The Hall–Kier alpha value is -2.66. The predicted molar refractivity (Wildman–Crippen MR) is 106 cm³/mol. The minimum absolute atomic E-state index is 0.0887. The van der Waals surface area contributed by atoms with E-state index in [2.05, 4.69) is 58.0 Å². The Morgan fingerprint density at radius 3 is 2.78 bits per heavy atom. The minimum atomic E-state index is 0.0887. The third-order valence-electron chi connectivity index (χ3n) is 6.05. The molecule has 0 radical (unpaired) electrons. The molecule has 5 nitrogen and oxygen atoms in total. The van der Waals surface area contributed by atoms with E-state index < -0.39 is 0 Å². The number of amides is 1. The molecule has 0 saturated carbocycles. The number of hydrogen-bond donors (Lipinski definition) is 2. The highest BCUT2D eigenvalue weighted by Gasteiger charge is 2.29. The van der Waals surface area contributed by atoms with Gasteiger partial charge >= 0.3 is 0 Å². The third kappa shape index (κ3) is 2.92. The second-order valence-electron chi connectivity index (χ2n) is 7.59. The molecule has 1 amide bonds. The van der Waals surface area contributed by atoms with Gasteiger partial charge in [0.1, 0.15) is 0 Å². The second kappa shape index (κ2) is 6.82. The lowest BCUT2D eigenvalue weighted by Crippen LogP contribution is -2.38. The van der Waals surface area contributed by atoms with E-state index in [1.807, 2.05) is 4.90 Å². The molecule has 27 heavy (non-hydrogen) atoms. The van der Waals surface area contributed by atoms with Crippen molar-refractivity contribution in [1.82, 2.24) is 20.4 Å². The summed E-state index contributed by atoms with van der Waals surface area (Å²) in [6, 6.07) is 15.2. The molecule has 2 aliphatic rings. The fourth-order valence-corrected chi connectivity index (χ4v) is 4.57. The lowest BCUT2D eigenvalue weighted by Gasteiger charge is -2.32. The molecule has 3 heterocycles. The van der Waals surface area contributed by atoms with Crippen LogP contribution in [-0.4, -0.2) is 40.6 Å². The van der Waals surface area contributed by atoms with Gasteiger partial charge in [0, 0.05) is 25.2 Å². The van der Waals surface area contributed by atoms with Gasteiger partial charge in [0.25, 0.3) is 5.91 Å². The van der Waals surface area contributed by atoms with Crippen LogP contribution in [0.4, 0.5) is 0 Å². The molecule has 2 N–H and O–H groups in total. The molecule has 0 unspecified atom stereocenters. The van der Waals surface area contributed by atoms with E-state index in [1.165, 1.54) is 16.3 Å². The number of piperidine rings is 1. The van der Waals surface area contributed by atoms with Crippen LogP contribution in [0.3, 0.4) is 0 Å². The third-order valence-corrected chi connectivity index (χ3v) is 6.05. The summed E-state index contributed by atoms with van der Waals surface area (Å²) in [5, 5.41) is 13.3. The molecule has 0 bridgehead atoms. The van der Waals surface area contributed by atoms with Gasteiger partial charge in [-0.1, -0.05) is 42.5 Å². The number of hydrogen-bond acceptors (Lipinski definition) is 3. The number of benzene rings is 2. The van der Waals surface area contributed by atoms with Gasteiger partial charge in [-0.25, -0.2) is 0 Å². The highest BCUT2D eigenvalue weighted by molar-refractivity contribution is 5.94. The van der Waals surface area contributed by atoms with E-state index in [0.29, 0.717) is 11.6 Å². The zero-order valence-electron chi connectivity index (χ0n) is 15.4. The minimum Gasteiger partial charge on any atom is -0.337 e. The van der Waals surface area contributed by atoms with Gasteiger partial charge in [-0.2, -0.15) is 5.10 Å². The maximum atomic E-state index is 13.0. The largest absolute Gasteiger partial charge is 0.337 e. The molecule has 5 heteroatoms. The summed E-state index contributed by atoms with van der Waals surface area (Å²) in [5.74, 6) is 0.600. The van der Waals surface area contributed by atoms with Crippen molar-refractivity contribution in [3.63, 3.8) is 0 Å². The van der Waals surface area contributed by atoms with Crippen LogP contribution in [0.2, 0.25) is 0 Å². The zero-order chi connectivity index (χ0) is 18.2. The van der Waals surface area contributed by atoms with Crippen molar-refractivity contribution in [2.24, 2.45) is 0 Å². The maximum absolute atomic E-state index is 13.0. The highest BCUT2D eigenvalue weighted by Crippen LogP contribution is 2.33. The lowest BCUT2D eigenvalue weighted by molar-refractivity contribution is 0.0706. The van der Waals surface area contributed by atoms with Gasteiger partial charge in [-0.05, 0) is 48.1 Å². The first kappa shape index (κ1) is 16.5. The smallest absolute Gasteiger partial charge is 0.274 e. The fourth-order valence-electron chi connectivity index (χ4n) is 4.57. The van der Waals surface area contributed by atoms with Crippen molar-refractivity contribution >= 4 is 16.7 Å². The molecule has 0 aliphatic carbocycles. The number of aromatic nitrogens is 2. The number of aromatic amines is 1. The summed E-state index contributed by atoms with van der Waals surface area (Å²) < 4.78 is 0. The van der Waals surface area contributed by atoms with Crippen LogP contribution in [0, 0.1) is 0 Å². The fraction of sp³-hybridized carbons (Fsp3) is 0.364. The summed E-state index contributed by atoms with van der Waals surface area (Å²) in [7, 11) is 0. The van der Waals surface area contributed by atoms with E-state index in [-0.39, 0.29) is 5.91 Å². The second-order valence-corrected chi connectivity index (χ2v) is 7.59. The molecule has 1 fully saturated rings. The number of carbonyl (C=O) groups excluding carboxylic acids is 1. The summed E-state index contributed by atoms with van der Waals surface area (Å²) in [4.78, 5) is 15.0. The Bertz CT molecular complexity index is 980. The average Bonchev–Trinajstić information content (AvgIpc) is 3.17. The molecule has 2 aliphatic heterocycles. The Kier molecular flexibility index (Phi) is 4.17. The van der Waals surface area contributed by atoms with Crippen LogP contribution in [0.25, 0.3) is 10.8 Å². The number of carbonyl (C=O) groups is 1. The van der Waals surface area contributed by atoms with E-state index in [1.54, 1.807) is 0 Å². The zero-order valence-corrected chi connectivity index (χ0v) is 15.4. The molecule has 0 atom stereocenters. The van der Waals surface area contributed by atoms with Crippen molar-refractivity contribution < 1.29 is 4.79 Å². The SMILES string of the molecule is O=C(c1n[nH]c2c1CCNC2)N1CCC(c2cccc3ccccc23)CC1. The van der Waals surface area contributed by atoms with Crippen molar-refractivity contribution in [3.8, 4) is 0 Å². The number of nitrogens with zero attached hydrogens (tertiary/aromatic N) is 2. The van der Waals surface area contributed by atoms with Crippen molar-refractivity contribution in [3.05, 3.63) is 65.0 Å². The quantitative estimate of drug-likeness (QED) is 0.738. The molecule has 2 aromatic carbocycles. The predicted octanol–water partition coefficient (Wildman–Crippen LogP) is 3.23. The molecule has 1 aromatic heterocycles. The molecule has 0 spiro atoms. The van der Waals surface area contributed by atoms with E-state index in [9.17, 15) is 4.79 Å². The number of likely N-dealkylation sites (tertiary alicyclic amines) is 1. The summed E-state index contributed by atoms with van der Waals surface area (Å²) in [6.07, 6.45) is 2.89.